The van der Waals surface area contributed by atoms with Gasteiger partial charge in [-0.05, 0) is 24.3 Å². The molecule has 21 heavy (non-hydrogen) atoms. The number of thiophene rings is 1. The van der Waals surface area contributed by atoms with Crippen LogP contribution in [-0.2, 0) is 16.0 Å². The van der Waals surface area contributed by atoms with Crippen LogP contribution < -0.4 is 5.32 Å². The fraction of sp³-hybridized carbons (Fsp3) is 0.462. The monoisotopic (exact) mass is 314 g/mol. The lowest BCUT2D eigenvalue weighted by atomic mass is 10.1. The molecule has 8 heteroatoms. The first-order valence-corrected chi connectivity index (χ1v) is 7.26. The number of nitrogens with zero attached hydrogens (tertiary/aromatic N) is 1. The van der Waals surface area contributed by atoms with Crippen molar-refractivity contribution in [1.29, 1.82) is 0 Å². The Morgan fingerprint density at radius 1 is 1.38 bits per heavy atom. The summed E-state index contributed by atoms with van der Waals surface area (Å²) in [4.78, 5) is 35.8. The van der Waals surface area contributed by atoms with Gasteiger partial charge < -0.3 is 20.4 Å². The van der Waals surface area contributed by atoms with E-state index in [1.54, 1.807) is 18.4 Å². The molecule has 1 aromatic rings. The van der Waals surface area contributed by atoms with E-state index >= 15 is 0 Å². The number of carboxylic acids is 2. The molecule has 0 saturated heterocycles. The minimum atomic E-state index is -1.24. The van der Waals surface area contributed by atoms with Gasteiger partial charge in [-0.15, -0.1) is 11.3 Å². The number of nitrogens with one attached hydrogen (secondary N) is 1. The van der Waals surface area contributed by atoms with E-state index < -0.39 is 24.0 Å². The normalized spacial score (nSPS) is 11.7. The number of urea groups is 1. The summed E-state index contributed by atoms with van der Waals surface area (Å²) in [6, 6.07) is 2.16. The van der Waals surface area contributed by atoms with Crippen molar-refractivity contribution in [2.45, 2.75) is 25.3 Å². The van der Waals surface area contributed by atoms with Gasteiger partial charge in [-0.25, -0.2) is 9.59 Å². The highest BCUT2D eigenvalue weighted by Crippen LogP contribution is 2.09. The third-order valence-electron chi connectivity index (χ3n) is 2.86. The molecule has 0 aliphatic carbocycles. The third kappa shape index (κ3) is 6.26. The summed E-state index contributed by atoms with van der Waals surface area (Å²) in [5, 5.41) is 21.8. The molecular formula is C13H18N2O5S. The third-order valence-corrected chi connectivity index (χ3v) is 3.80. The Balaban J connectivity index is 2.43. The van der Waals surface area contributed by atoms with E-state index in [0.29, 0.717) is 13.0 Å². The minimum absolute atomic E-state index is 0.144. The molecule has 1 atom stereocenters. The van der Waals surface area contributed by atoms with E-state index in [2.05, 4.69) is 5.32 Å². The van der Waals surface area contributed by atoms with Gasteiger partial charge in [0.05, 0.1) is 0 Å². The van der Waals surface area contributed by atoms with Crippen molar-refractivity contribution in [2.24, 2.45) is 0 Å². The Labute approximate surface area is 126 Å². The molecule has 0 fully saturated rings. The van der Waals surface area contributed by atoms with Crippen LogP contribution in [0.15, 0.2) is 17.5 Å². The highest BCUT2D eigenvalue weighted by Gasteiger charge is 2.22. The number of carbonyl (C=O) groups is 3. The van der Waals surface area contributed by atoms with Crippen molar-refractivity contribution in [3.63, 3.8) is 0 Å². The van der Waals surface area contributed by atoms with Gasteiger partial charge in [0, 0.05) is 24.9 Å². The Kier molecular flexibility index (Phi) is 6.67. The molecule has 0 spiro atoms. The van der Waals surface area contributed by atoms with Crippen LogP contribution in [-0.4, -0.2) is 52.7 Å². The molecule has 116 valence electrons. The molecule has 1 aromatic heterocycles. The van der Waals surface area contributed by atoms with Crippen LogP contribution in [0.25, 0.3) is 0 Å². The highest BCUT2D eigenvalue weighted by molar-refractivity contribution is 7.09. The SMILES string of the molecule is CN(CCc1cccs1)C(=O)N[C@@H](CCC(=O)O)C(=O)O. The van der Waals surface area contributed by atoms with Gasteiger partial charge in [0.15, 0.2) is 0 Å². The highest BCUT2D eigenvalue weighted by atomic mass is 32.1. The van der Waals surface area contributed by atoms with Crippen LogP contribution in [0, 0.1) is 0 Å². The predicted octanol–water partition coefficient (Wildman–Crippen LogP) is 1.25. The second-order valence-electron chi connectivity index (χ2n) is 4.52. The topological polar surface area (TPSA) is 107 Å². The molecule has 0 aliphatic rings. The van der Waals surface area contributed by atoms with Gasteiger partial charge in [0.25, 0.3) is 0 Å². The average Bonchev–Trinajstić information content (AvgIpc) is 2.93. The van der Waals surface area contributed by atoms with Crippen LogP contribution in [0.1, 0.15) is 17.7 Å². The van der Waals surface area contributed by atoms with Crippen LogP contribution in [0.3, 0.4) is 0 Å². The van der Waals surface area contributed by atoms with Gasteiger partial charge in [-0.1, -0.05) is 6.07 Å². The Morgan fingerprint density at radius 3 is 2.62 bits per heavy atom. The Bertz CT molecular complexity index is 489. The molecule has 2 amide bonds. The number of hydrogen-bond donors (Lipinski definition) is 3. The van der Waals surface area contributed by atoms with E-state index in [4.69, 9.17) is 10.2 Å². The summed E-state index contributed by atoms with van der Waals surface area (Å²) in [7, 11) is 1.57. The number of carbonyl (C=O) groups excluding carboxylic acids is 1. The molecule has 0 unspecified atom stereocenters. The van der Waals surface area contributed by atoms with Crippen LogP contribution in [0.2, 0.25) is 0 Å². The summed E-state index contributed by atoms with van der Waals surface area (Å²) in [5.41, 5.74) is 0. The van der Waals surface area contributed by atoms with Crippen molar-refractivity contribution in [2.75, 3.05) is 13.6 Å². The maximum absolute atomic E-state index is 11.9. The molecule has 0 aliphatic heterocycles. The first-order chi connectivity index (χ1) is 9.90. The largest absolute Gasteiger partial charge is 0.481 e. The molecule has 3 N–H and O–H groups in total. The van der Waals surface area contributed by atoms with E-state index in [0.717, 1.165) is 4.88 Å². The number of likely N-dealkylation sites (N-methyl/N-ethyl adjacent to an activating group) is 1. The lowest BCUT2D eigenvalue weighted by Gasteiger charge is -2.21. The molecule has 7 nitrogen and oxygen atoms in total. The lowest BCUT2D eigenvalue weighted by molar-refractivity contribution is -0.140. The quantitative estimate of drug-likeness (QED) is 0.669. The maximum atomic E-state index is 11.9. The summed E-state index contributed by atoms with van der Waals surface area (Å²) < 4.78 is 0. The molecular weight excluding hydrogens is 296 g/mol. The molecule has 0 radical (unpaired) electrons. The smallest absolute Gasteiger partial charge is 0.326 e. The number of aliphatic carboxylic acids is 2. The predicted molar refractivity (Wildman–Crippen MR) is 77.5 cm³/mol. The number of hydrogen-bond acceptors (Lipinski definition) is 4. The van der Waals surface area contributed by atoms with Crippen molar-refractivity contribution >= 4 is 29.3 Å². The van der Waals surface area contributed by atoms with Crippen LogP contribution in [0.5, 0.6) is 0 Å². The summed E-state index contributed by atoms with van der Waals surface area (Å²) in [6.45, 7) is 0.456. The fourth-order valence-corrected chi connectivity index (χ4v) is 2.32. The second kappa shape index (κ2) is 8.25. The first-order valence-electron chi connectivity index (χ1n) is 6.38. The average molecular weight is 314 g/mol. The minimum Gasteiger partial charge on any atom is -0.481 e. The lowest BCUT2D eigenvalue weighted by Crippen LogP contribution is -2.47. The number of rotatable bonds is 8. The van der Waals surface area contributed by atoms with Crippen molar-refractivity contribution in [3.8, 4) is 0 Å². The standard InChI is InChI=1S/C13H18N2O5S/c1-15(7-6-9-3-2-8-21-9)13(20)14-10(12(18)19)4-5-11(16)17/h2-3,8,10H,4-7H2,1H3,(H,14,20)(H,16,17)(H,18,19)/t10-/m0/s1. The van der Waals surface area contributed by atoms with E-state index in [9.17, 15) is 14.4 Å². The molecule has 1 heterocycles. The molecule has 0 bridgehead atoms. The fourth-order valence-electron chi connectivity index (χ4n) is 1.62. The first kappa shape index (κ1) is 17.0. The number of carboxylic acid groups (broad SMARTS) is 2. The number of amides is 2. The van der Waals surface area contributed by atoms with E-state index in [1.807, 2.05) is 17.5 Å². The van der Waals surface area contributed by atoms with Crippen molar-refractivity contribution < 1.29 is 24.6 Å². The van der Waals surface area contributed by atoms with Gasteiger partial charge >= 0.3 is 18.0 Å². The summed E-state index contributed by atoms with van der Waals surface area (Å²) in [6.07, 6.45) is 0.236. The zero-order chi connectivity index (χ0) is 15.8. The van der Waals surface area contributed by atoms with E-state index in [1.165, 1.54) is 4.90 Å². The summed E-state index contributed by atoms with van der Waals surface area (Å²) in [5.74, 6) is -2.34. The molecule has 0 aromatic carbocycles. The summed E-state index contributed by atoms with van der Waals surface area (Å²) >= 11 is 1.59. The van der Waals surface area contributed by atoms with Gasteiger partial charge in [0.1, 0.15) is 6.04 Å². The molecule has 1 rings (SSSR count). The zero-order valence-electron chi connectivity index (χ0n) is 11.6. The van der Waals surface area contributed by atoms with E-state index in [-0.39, 0.29) is 12.8 Å². The van der Waals surface area contributed by atoms with Crippen LogP contribution >= 0.6 is 11.3 Å². The Morgan fingerprint density at radius 2 is 2.10 bits per heavy atom. The van der Waals surface area contributed by atoms with Crippen molar-refractivity contribution in [3.05, 3.63) is 22.4 Å². The Hall–Kier alpha value is -2.09. The van der Waals surface area contributed by atoms with Crippen LogP contribution in [0.4, 0.5) is 4.79 Å². The second-order valence-corrected chi connectivity index (χ2v) is 5.56. The molecule has 0 saturated carbocycles. The van der Waals surface area contributed by atoms with Gasteiger partial charge in [0.2, 0.25) is 0 Å². The van der Waals surface area contributed by atoms with Crippen molar-refractivity contribution in [1.82, 2.24) is 10.2 Å². The van der Waals surface area contributed by atoms with Gasteiger partial charge in [-0.3, -0.25) is 4.79 Å². The van der Waals surface area contributed by atoms with Gasteiger partial charge in [-0.2, -0.15) is 0 Å². The maximum Gasteiger partial charge on any atom is 0.326 e. The zero-order valence-corrected chi connectivity index (χ0v) is 12.4.